The Hall–Kier alpha value is -1.14. The number of ether oxygens (including phenoxy) is 3. The van der Waals surface area contributed by atoms with Gasteiger partial charge in [0, 0.05) is 19.9 Å². The molecule has 0 spiro atoms. The summed E-state index contributed by atoms with van der Waals surface area (Å²) in [5.74, 6) is 0.368. The maximum atomic E-state index is 12.7. The van der Waals surface area contributed by atoms with Crippen LogP contribution in [0, 0.1) is 23.7 Å². The predicted molar refractivity (Wildman–Crippen MR) is 92.5 cm³/mol. The van der Waals surface area contributed by atoms with E-state index in [1.807, 2.05) is 0 Å². The van der Waals surface area contributed by atoms with Crippen molar-refractivity contribution in [3.05, 3.63) is 11.1 Å². The molecule has 5 aliphatic rings. The quantitative estimate of drug-likeness (QED) is 0.438. The number of esters is 2. The summed E-state index contributed by atoms with van der Waals surface area (Å²) in [5, 5.41) is 0. The Bertz CT molecular complexity index is 685. The first-order chi connectivity index (χ1) is 11.8. The van der Waals surface area contributed by atoms with Crippen molar-refractivity contribution in [3.8, 4) is 0 Å². The number of hydrogen-bond acceptors (Lipinski definition) is 5. The van der Waals surface area contributed by atoms with Crippen molar-refractivity contribution in [3.63, 3.8) is 0 Å². The second-order valence-corrected chi connectivity index (χ2v) is 15.0. The normalized spacial score (nSPS) is 48.4. The largest absolute Gasteiger partial charge is 0.466 e. The predicted octanol–water partition coefficient (Wildman–Crippen LogP) is 2.53. The van der Waals surface area contributed by atoms with Crippen LogP contribution in [-0.4, -0.2) is 45.4 Å². The molecule has 25 heavy (non-hydrogen) atoms. The van der Waals surface area contributed by atoms with Crippen LogP contribution >= 0.6 is 0 Å². The van der Waals surface area contributed by atoms with E-state index in [-0.39, 0.29) is 35.0 Å². The molecule has 3 saturated carbocycles. The van der Waals surface area contributed by atoms with E-state index in [9.17, 15) is 9.59 Å². The van der Waals surface area contributed by atoms with Crippen LogP contribution in [0.3, 0.4) is 0 Å². The highest BCUT2D eigenvalue weighted by molar-refractivity contribution is 6.78. The summed E-state index contributed by atoms with van der Waals surface area (Å²) in [6.07, 6.45) is 3.57. The zero-order valence-corrected chi connectivity index (χ0v) is 16.5. The van der Waals surface area contributed by atoms with Gasteiger partial charge in [-0.15, -0.1) is 0 Å². The molecule has 1 heterocycles. The molecule has 5 rings (SSSR count). The van der Waals surface area contributed by atoms with E-state index in [2.05, 4.69) is 19.6 Å². The SMILES string of the molecule is COC(=O)C1=C(C(=O)OC)[C@H]2C([Si](C)(C)C)[C@H]1[C@@]13O[C@]21[C@H]1CC[C@H]3C1. The van der Waals surface area contributed by atoms with Gasteiger partial charge in [0.1, 0.15) is 11.2 Å². The van der Waals surface area contributed by atoms with E-state index < -0.39 is 8.07 Å². The second-order valence-electron chi connectivity index (χ2n) is 9.55. The number of rotatable bonds is 3. The van der Waals surface area contributed by atoms with Gasteiger partial charge in [0.25, 0.3) is 0 Å². The molecular formula is C19H26O5Si. The highest BCUT2D eigenvalue weighted by Crippen LogP contribution is 2.88. The third kappa shape index (κ3) is 1.45. The fourth-order valence-corrected chi connectivity index (χ4v) is 10.3. The van der Waals surface area contributed by atoms with Crippen LogP contribution in [0.15, 0.2) is 11.1 Å². The van der Waals surface area contributed by atoms with Crippen molar-refractivity contribution in [2.24, 2.45) is 23.7 Å². The lowest BCUT2D eigenvalue weighted by molar-refractivity contribution is -0.140. The molecule has 4 fully saturated rings. The maximum absolute atomic E-state index is 12.7. The fourth-order valence-electron chi connectivity index (χ4n) is 7.48. The summed E-state index contributed by atoms with van der Waals surface area (Å²) >= 11 is 0. The van der Waals surface area contributed by atoms with E-state index >= 15 is 0 Å². The molecule has 4 bridgehead atoms. The smallest absolute Gasteiger partial charge is 0.334 e. The molecule has 0 amide bonds. The number of hydrogen-bond donors (Lipinski definition) is 0. The van der Waals surface area contributed by atoms with Crippen LogP contribution in [0.5, 0.6) is 0 Å². The lowest BCUT2D eigenvalue weighted by Crippen LogP contribution is -2.42. The number of fused-ring (bicyclic) bond motifs is 4. The van der Waals surface area contributed by atoms with E-state index in [1.165, 1.54) is 33.5 Å². The van der Waals surface area contributed by atoms with Gasteiger partial charge in [-0.25, -0.2) is 9.59 Å². The third-order valence-electron chi connectivity index (χ3n) is 7.92. The number of carbonyl (C=O) groups excluding carboxylic acids is 2. The van der Waals surface area contributed by atoms with Gasteiger partial charge in [0.2, 0.25) is 0 Å². The van der Waals surface area contributed by atoms with Crippen LogP contribution in [0.1, 0.15) is 19.3 Å². The van der Waals surface area contributed by atoms with Crippen LogP contribution in [0.4, 0.5) is 0 Å². The monoisotopic (exact) mass is 362 g/mol. The van der Waals surface area contributed by atoms with E-state index in [0.717, 1.165) is 0 Å². The number of epoxide rings is 1. The van der Waals surface area contributed by atoms with Crippen LogP contribution in [0.25, 0.3) is 0 Å². The Morgan fingerprint density at radius 1 is 0.960 bits per heavy atom. The molecule has 0 unspecified atom stereocenters. The molecule has 1 aliphatic heterocycles. The molecule has 1 saturated heterocycles. The lowest BCUT2D eigenvalue weighted by atomic mass is 9.69. The van der Waals surface area contributed by atoms with Gasteiger partial charge in [-0.1, -0.05) is 19.6 Å². The van der Waals surface area contributed by atoms with E-state index in [0.29, 0.717) is 28.5 Å². The molecule has 6 atom stereocenters. The average molecular weight is 362 g/mol. The summed E-state index contributed by atoms with van der Waals surface area (Å²) < 4.78 is 16.8. The molecule has 0 aromatic heterocycles. The Balaban J connectivity index is 1.75. The first-order valence-electron chi connectivity index (χ1n) is 9.36. The topological polar surface area (TPSA) is 65.1 Å². The molecular weight excluding hydrogens is 336 g/mol. The zero-order chi connectivity index (χ0) is 17.9. The van der Waals surface area contributed by atoms with E-state index in [4.69, 9.17) is 14.2 Å². The average Bonchev–Trinajstić information content (AvgIpc) is 2.92. The molecule has 136 valence electrons. The molecule has 0 aromatic carbocycles. The molecule has 4 aliphatic carbocycles. The molecule has 0 radical (unpaired) electrons. The van der Waals surface area contributed by atoms with Gasteiger partial charge < -0.3 is 14.2 Å². The van der Waals surface area contributed by atoms with Gasteiger partial charge in [-0.05, 0) is 36.6 Å². The first kappa shape index (κ1) is 16.1. The fraction of sp³-hybridized carbons (Fsp3) is 0.789. The van der Waals surface area contributed by atoms with Crippen LogP contribution < -0.4 is 0 Å². The van der Waals surface area contributed by atoms with Gasteiger partial charge in [-0.3, -0.25) is 0 Å². The third-order valence-corrected chi connectivity index (χ3v) is 10.6. The molecule has 0 N–H and O–H groups in total. The van der Waals surface area contributed by atoms with Crippen LogP contribution in [-0.2, 0) is 23.8 Å². The van der Waals surface area contributed by atoms with Gasteiger partial charge in [0.05, 0.1) is 25.4 Å². The number of carbonyl (C=O) groups is 2. The van der Waals surface area contributed by atoms with Gasteiger partial charge in [0.15, 0.2) is 0 Å². The first-order valence-corrected chi connectivity index (χ1v) is 12.9. The van der Waals surface area contributed by atoms with Gasteiger partial charge >= 0.3 is 11.9 Å². The highest BCUT2D eigenvalue weighted by Gasteiger charge is 2.95. The summed E-state index contributed by atoms with van der Waals surface area (Å²) in [4.78, 5) is 25.5. The van der Waals surface area contributed by atoms with Crippen molar-refractivity contribution in [2.75, 3.05) is 14.2 Å². The highest BCUT2D eigenvalue weighted by atomic mass is 28.3. The zero-order valence-electron chi connectivity index (χ0n) is 15.5. The minimum Gasteiger partial charge on any atom is -0.466 e. The molecule has 0 aromatic rings. The van der Waals surface area contributed by atoms with Crippen molar-refractivity contribution >= 4 is 20.0 Å². The van der Waals surface area contributed by atoms with Crippen molar-refractivity contribution in [1.82, 2.24) is 0 Å². The summed E-state index contributed by atoms with van der Waals surface area (Å²) in [6.45, 7) is 7.05. The van der Waals surface area contributed by atoms with Crippen LogP contribution in [0.2, 0.25) is 25.2 Å². The summed E-state index contributed by atoms with van der Waals surface area (Å²) in [6, 6.07) is 0. The molecule has 6 heteroatoms. The van der Waals surface area contributed by atoms with Gasteiger partial charge in [-0.2, -0.15) is 0 Å². The van der Waals surface area contributed by atoms with Crippen molar-refractivity contribution < 1.29 is 23.8 Å². The lowest BCUT2D eigenvalue weighted by Gasteiger charge is -2.36. The number of methoxy groups -OCH3 is 2. The minimum atomic E-state index is -1.65. The Morgan fingerprint density at radius 3 is 1.76 bits per heavy atom. The summed E-state index contributed by atoms with van der Waals surface area (Å²) in [7, 11) is 1.16. The Labute approximate surface area is 149 Å². The van der Waals surface area contributed by atoms with E-state index in [1.54, 1.807) is 0 Å². The maximum Gasteiger partial charge on any atom is 0.334 e. The Kier molecular flexibility index (Phi) is 2.82. The second kappa shape index (κ2) is 4.39. The summed E-state index contributed by atoms with van der Waals surface area (Å²) in [5.41, 5.74) is 1.10. The molecule has 5 nitrogen and oxygen atoms in total. The van der Waals surface area contributed by atoms with Crippen molar-refractivity contribution in [1.29, 1.82) is 0 Å². The Morgan fingerprint density at radius 2 is 1.40 bits per heavy atom. The standard InChI is InChI=1S/C19H26O5Si/c1-22-16(20)11-12(17(21)23-2)14-15(25(3,4)5)13(11)18-9-6-7-10(8-9)19(14,18)24-18/h9-10,13-15H,6-8H2,1-5H3/t9-,10-,13-,14-,18+,19+/m0/s1. The van der Waals surface area contributed by atoms with Crippen molar-refractivity contribution in [2.45, 2.75) is 55.6 Å². The minimum absolute atomic E-state index is 0.0148.